The summed E-state index contributed by atoms with van der Waals surface area (Å²) in [6, 6.07) is 8.76. The zero-order chi connectivity index (χ0) is 43.3. The quantitative estimate of drug-likeness (QED) is 0.0804. The molecule has 322 valence electrons. The van der Waals surface area contributed by atoms with E-state index in [1.54, 1.807) is 25.2 Å². The summed E-state index contributed by atoms with van der Waals surface area (Å²) in [5.41, 5.74) is -1.68. The molecule has 3 heterocycles. The van der Waals surface area contributed by atoms with E-state index >= 15 is 4.39 Å². The van der Waals surface area contributed by atoms with Crippen molar-refractivity contribution in [3.63, 3.8) is 0 Å². The van der Waals surface area contributed by atoms with Crippen LogP contribution in [0.15, 0.2) is 67.3 Å². The first-order valence-corrected chi connectivity index (χ1v) is 21.1. The number of aromatic nitrogens is 3. The van der Waals surface area contributed by atoms with Gasteiger partial charge in [-0.1, -0.05) is 24.3 Å². The van der Waals surface area contributed by atoms with Gasteiger partial charge in [-0.15, -0.1) is 11.8 Å². The first-order chi connectivity index (χ1) is 28.6. The van der Waals surface area contributed by atoms with Crippen LogP contribution in [-0.2, 0) is 55.5 Å². The molecule has 2 fully saturated rings. The van der Waals surface area contributed by atoms with E-state index in [1.807, 2.05) is 6.07 Å². The van der Waals surface area contributed by atoms with E-state index in [1.165, 1.54) is 52.2 Å². The summed E-state index contributed by atoms with van der Waals surface area (Å²) in [6.07, 6.45) is 6.87. The molecule has 0 saturated carbocycles. The minimum absolute atomic E-state index is 0.137. The summed E-state index contributed by atoms with van der Waals surface area (Å²) in [7, 11) is -4.13. The van der Waals surface area contributed by atoms with Gasteiger partial charge in [0, 0.05) is 42.0 Å². The zero-order valence-corrected chi connectivity index (χ0v) is 33.9. The molecule has 1 amide bonds. The van der Waals surface area contributed by atoms with E-state index < -0.39 is 68.9 Å². The molecule has 3 aromatic rings. The Labute approximate surface area is 348 Å². The van der Waals surface area contributed by atoms with Gasteiger partial charge < -0.3 is 28.6 Å². The number of carbonyl (C=O) groups is 3. The lowest BCUT2D eigenvalue weighted by Gasteiger charge is -2.40. The molecular weight excluding hydrogens is 836 g/mol. The van der Waals surface area contributed by atoms with Crippen molar-refractivity contribution in [2.45, 2.75) is 61.5 Å². The highest BCUT2D eigenvalue weighted by Gasteiger charge is 2.47. The Morgan fingerprint density at radius 1 is 1.07 bits per heavy atom. The van der Waals surface area contributed by atoms with Gasteiger partial charge in [0.25, 0.3) is 10.1 Å². The van der Waals surface area contributed by atoms with Crippen molar-refractivity contribution in [1.29, 1.82) is 5.26 Å². The molecule has 16 nitrogen and oxygen atoms in total. The highest BCUT2D eigenvalue weighted by Crippen LogP contribution is 2.42. The number of amides is 1. The summed E-state index contributed by atoms with van der Waals surface area (Å²) < 4.78 is 104. The van der Waals surface area contributed by atoms with Crippen LogP contribution in [0.1, 0.15) is 49.3 Å². The Hall–Kier alpha value is -5.27. The molecule has 2 saturated heterocycles. The van der Waals surface area contributed by atoms with Crippen LogP contribution in [0.2, 0.25) is 0 Å². The SMILES string of the molecule is CC(SC1COC(C=CC=Cc2ccc(C#N)cc2F)OC1)C(Cn1cncn1)(OC(=O)OCOC(=O)CCC(=O)N1CCC(CS(=O)(=O)O)CC1)c1ccc(F)cc1F. The van der Waals surface area contributed by atoms with Crippen LogP contribution >= 0.6 is 11.8 Å². The normalized spacial score (nSPS) is 19.1. The van der Waals surface area contributed by atoms with Gasteiger partial charge in [-0.25, -0.2) is 27.6 Å². The number of nitriles is 1. The Kier molecular flexibility index (Phi) is 16.3. The van der Waals surface area contributed by atoms with Crippen molar-refractivity contribution in [2.24, 2.45) is 5.92 Å². The second kappa shape index (κ2) is 21.3. The summed E-state index contributed by atoms with van der Waals surface area (Å²) in [5.74, 6) is -4.38. The van der Waals surface area contributed by atoms with Crippen LogP contribution < -0.4 is 0 Å². The van der Waals surface area contributed by atoms with E-state index in [-0.39, 0.29) is 80.0 Å². The highest BCUT2D eigenvalue weighted by molar-refractivity contribution is 8.00. The standard InChI is InChI=1S/C39H42F3N5O11S2/c1-26(59-31-19-54-37(55-20-31)5-3-2-4-29-7-6-28(18-43)16-33(29)41)39(22-47-24-44-23-45-47,32-9-8-30(40)17-34(32)42)58-38(50)57-25-56-36(49)11-10-35(48)46-14-12-27(13-15-46)21-60(51,52)53/h2-9,16-17,23-24,26-27,31,37H,10-15,19-22,25H2,1H3,(H,51,52,53). The Morgan fingerprint density at radius 2 is 1.82 bits per heavy atom. The van der Waals surface area contributed by atoms with Crippen LogP contribution in [0, 0.1) is 34.7 Å². The fraction of sp³-hybridized carbons (Fsp3) is 0.436. The van der Waals surface area contributed by atoms with Gasteiger partial charge in [-0.3, -0.25) is 14.1 Å². The van der Waals surface area contributed by atoms with Gasteiger partial charge in [0.05, 0.1) is 48.8 Å². The molecule has 2 aliphatic heterocycles. The van der Waals surface area contributed by atoms with E-state index in [0.29, 0.717) is 18.9 Å². The first kappa shape index (κ1) is 45.8. The lowest BCUT2D eigenvalue weighted by molar-refractivity contribution is -0.157. The number of carbonyl (C=O) groups excluding carboxylic acids is 3. The number of halogens is 3. The molecule has 2 aromatic carbocycles. The number of ether oxygens (including phenoxy) is 5. The van der Waals surface area contributed by atoms with Gasteiger partial charge in [0.15, 0.2) is 11.9 Å². The minimum atomic E-state index is -4.13. The number of benzene rings is 2. The molecule has 2 unspecified atom stereocenters. The van der Waals surface area contributed by atoms with Gasteiger partial charge in [-0.05, 0) is 56.0 Å². The van der Waals surface area contributed by atoms with E-state index in [0.717, 1.165) is 18.2 Å². The fourth-order valence-corrected chi connectivity index (χ4v) is 8.82. The molecular formula is C39H42F3N5O11S2. The molecule has 2 atom stereocenters. The van der Waals surface area contributed by atoms with Gasteiger partial charge >= 0.3 is 12.1 Å². The molecule has 60 heavy (non-hydrogen) atoms. The number of nitrogens with zero attached hydrogens (tertiary/aromatic N) is 5. The van der Waals surface area contributed by atoms with Crippen molar-refractivity contribution in [3.05, 3.63) is 101 Å². The zero-order valence-electron chi connectivity index (χ0n) is 32.2. The maximum atomic E-state index is 15.7. The smallest absolute Gasteiger partial charge is 0.428 e. The third kappa shape index (κ3) is 13.4. The van der Waals surface area contributed by atoms with Crippen LogP contribution in [-0.4, -0.2) is 106 Å². The number of likely N-dealkylation sites (tertiary alicyclic amines) is 1. The number of hydrogen-bond acceptors (Lipinski definition) is 14. The first-order valence-electron chi connectivity index (χ1n) is 18.6. The molecule has 1 aromatic heterocycles. The predicted molar refractivity (Wildman–Crippen MR) is 207 cm³/mol. The Balaban J connectivity index is 1.18. The lowest BCUT2D eigenvalue weighted by atomic mass is 9.89. The lowest BCUT2D eigenvalue weighted by Crippen LogP contribution is -2.47. The van der Waals surface area contributed by atoms with E-state index in [2.05, 4.69) is 10.1 Å². The second-order valence-corrected chi connectivity index (χ2v) is 17.0. The monoisotopic (exact) mass is 877 g/mol. The molecule has 5 rings (SSSR count). The molecule has 21 heteroatoms. The van der Waals surface area contributed by atoms with Gasteiger partial charge in [-0.2, -0.15) is 18.8 Å². The molecule has 0 bridgehead atoms. The number of piperidine rings is 1. The summed E-state index contributed by atoms with van der Waals surface area (Å²) >= 11 is 1.22. The average Bonchev–Trinajstić information content (AvgIpc) is 3.72. The van der Waals surface area contributed by atoms with Gasteiger partial charge in [0.2, 0.25) is 12.7 Å². The van der Waals surface area contributed by atoms with E-state index in [9.17, 15) is 31.6 Å². The van der Waals surface area contributed by atoms with Crippen molar-refractivity contribution < 1.29 is 64.2 Å². The Morgan fingerprint density at radius 3 is 2.47 bits per heavy atom. The highest BCUT2D eigenvalue weighted by atomic mass is 32.2. The third-order valence-corrected chi connectivity index (χ3v) is 11.9. The molecule has 1 N–H and O–H groups in total. The van der Waals surface area contributed by atoms with Crippen LogP contribution in [0.4, 0.5) is 18.0 Å². The topological polar surface area (TPSA) is 209 Å². The van der Waals surface area contributed by atoms with Gasteiger partial charge in [0.1, 0.15) is 30.1 Å². The summed E-state index contributed by atoms with van der Waals surface area (Å²) in [6.45, 7) is 1.19. The van der Waals surface area contributed by atoms with Crippen molar-refractivity contribution in [2.75, 3.05) is 38.8 Å². The number of esters is 1. The minimum Gasteiger partial charge on any atom is -0.428 e. The summed E-state index contributed by atoms with van der Waals surface area (Å²) in [5, 5.41) is 11.8. The third-order valence-electron chi connectivity index (χ3n) is 9.60. The largest absolute Gasteiger partial charge is 0.512 e. The number of hydrogen-bond donors (Lipinski definition) is 1. The second-order valence-electron chi connectivity index (χ2n) is 13.8. The van der Waals surface area contributed by atoms with E-state index in [4.69, 9.17) is 33.5 Å². The van der Waals surface area contributed by atoms with Crippen LogP contribution in [0.3, 0.4) is 0 Å². The maximum Gasteiger partial charge on any atom is 0.512 e. The van der Waals surface area contributed by atoms with Crippen molar-refractivity contribution in [1.82, 2.24) is 19.7 Å². The fourth-order valence-electron chi connectivity index (χ4n) is 6.53. The summed E-state index contributed by atoms with van der Waals surface area (Å²) in [4.78, 5) is 43.8. The van der Waals surface area contributed by atoms with Crippen LogP contribution in [0.25, 0.3) is 6.08 Å². The molecule has 0 aliphatic carbocycles. The number of rotatable bonds is 17. The maximum absolute atomic E-state index is 15.7. The molecule has 0 radical (unpaired) electrons. The predicted octanol–water partition coefficient (Wildman–Crippen LogP) is 5.16. The number of thioether (sulfide) groups is 1. The Bertz CT molecular complexity index is 2170. The average molecular weight is 878 g/mol. The number of allylic oxidation sites excluding steroid dienone is 2. The molecule has 0 spiro atoms. The van der Waals surface area contributed by atoms with Crippen LogP contribution in [0.5, 0.6) is 0 Å². The molecule has 2 aliphatic rings. The van der Waals surface area contributed by atoms with Crippen molar-refractivity contribution >= 4 is 46.0 Å². The van der Waals surface area contributed by atoms with Crippen molar-refractivity contribution in [3.8, 4) is 6.07 Å².